The Balaban J connectivity index is 2.89. The first-order valence-corrected chi connectivity index (χ1v) is 5.08. The summed E-state index contributed by atoms with van der Waals surface area (Å²) in [5.41, 5.74) is -1.17. The molecule has 0 saturated carbocycles. The van der Waals surface area contributed by atoms with E-state index in [2.05, 4.69) is 5.32 Å². The standard InChI is InChI=1S/C12H10F3NO3/c1-7(5-10(17)18)11(19)16-9-4-2-3-8(6-9)12(13,14)15/h2-6H,1H3,(H,16,19)(H,17,18)/p-1/b7-5-. The molecule has 0 fully saturated rings. The topological polar surface area (TPSA) is 69.2 Å². The van der Waals surface area contributed by atoms with Gasteiger partial charge in [0.05, 0.1) is 11.5 Å². The van der Waals surface area contributed by atoms with Gasteiger partial charge in [0.15, 0.2) is 0 Å². The van der Waals surface area contributed by atoms with E-state index in [1.54, 1.807) is 0 Å². The van der Waals surface area contributed by atoms with Gasteiger partial charge in [-0.3, -0.25) is 4.79 Å². The van der Waals surface area contributed by atoms with Crippen LogP contribution >= 0.6 is 0 Å². The van der Waals surface area contributed by atoms with Crippen LogP contribution in [0.1, 0.15) is 12.5 Å². The van der Waals surface area contributed by atoms with Gasteiger partial charge in [-0.25, -0.2) is 0 Å². The summed E-state index contributed by atoms with van der Waals surface area (Å²) in [5.74, 6) is -2.37. The zero-order valence-electron chi connectivity index (χ0n) is 9.75. The molecule has 0 aliphatic rings. The van der Waals surface area contributed by atoms with E-state index >= 15 is 0 Å². The second kappa shape index (κ2) is 5.55. The van der Waals surface area contributed by atoms with Crippen LogP contribution in [0.3, 0.4) is 0 Å². The van der Waals surface area contributed by atoms with Crippen molar-refractivity contribution in [1.82, 2.24) is 0 Å². The molecule has 1 aromatic rings. The summed E-state index contributed by atoms with van der Waals surface area (Å²) in [4.78, 5) is 21.7. The molecule has 0 atom stereocenters. The summed E-state index contributed by atoms with van der Waals surface area (Å²) >= 11 is 0. The Morgan fingerprint density at radius 3 is 2.47 bits per heavy atom. The lowest BCUT2D eigenvalue weighted by Gasteiger charge is -2.10. The highest BCUT2D eigenvalue weighted by atomic mass is 19.4. The molecule has 102 valence electrons. The number of halogens is 3. The lowest BCUT2D eigenvalue weighted by atomic mass is 10.2. The summed E-state index contributed by atoms with van der Waals surface area (Å²) < 4.78 is 37.3. The first-order chi connectivity index (χ1) is 8.70. The lowest BCUT2D eigenvalue weighted by molar-refractivity contribution is -0.297. The fourth-order valence-electron chi connectivity index (χ4n) is 1.25. The minimum atomic E-state index is -4.52. The highest BCUT2D eigenvalue weighted by molar-refractivity contribution is 6.06. The molecule has 4 nitrogen and oxygen atoms in total. The molecule has 0 aliphatic heterocycles. The minimum absolute atomic E-state index is 0.0778. The quantitative estimate of drug-likeness (QED) is 0.844. The number of aliphatic carboxylic acids is 1. The van der Waals surface area contributed by atoms with Gasteiger partial charge in [-0.1, -0.05) is 6.07 Å². The van der Waals surface area contributed by atoms with Crippen molar-refractivity contribution in [3.63, 3.8) is 0 Å². The number of carbonyl (C=O) groups is 2. The number of hydrogen-bond acceptors (Lipinski definition) is 3. The van der Waals surface area contributed by atoms with Gasteiger partial charge in [0.1, 0.15) is 0 Å². The van der Waals surface area contributed by atoms with Gasteiger partial charge in [0.2, 0.25) is 0 Å². The Labute approximate surface area is 106 Å². The molecule has 0 heterocycles. The van der Waals surface area contributed by atoms with Crippen molar-refractivity contribution in [3.05, 3.63) is 41.5 Å². The molecule has 1 aromatic carbocycles. The van der Waals surface area contributed by atoms with E-state index < -0.39 is 23.6 Å². The molecular weight excluding hydrogens is 263 g/mol. The van der Waals surface area contributed by atoms with Crippen molar-refractivity contribution >= 4 is 17.6 Å². The third-order valence-electron chi connectivity index (χ3n) is 2.14. The van der Waals surface area contributed by atoms with Crippen LogP contribution in [-0.2, 0) is 15.8 Å². The third kappa shape index (κ3) is 4.46. The average Bonchev–Trinajstić information content (AvgIpc) is 2.27. The molecule has 0 bridgehead atoms. The molecule has 0 spiro atoms. The molecule has 0 aliphatic carbocycles. The molecule has 0 saturated heterocycles. The lowest BCUT2D eigenvalue weighted by Crippen LogP contribution is -2.22. The van der Waals surface area contributed by atoms with Gasteiger partial charge in [0.25, 0.3) is 5.91 Å². The summed E-state index contributed by atoms with van der Waals surface area (Å²) in [7, 11) is 0. The van der Waals surface area contributed by atoms with E-state index in [-0.39, 0.29) is 11.3 Å². The van der Waals surface area contributed by atoms with Crippen molar-refractivity contribution in [1.29, 1.82) is 0 Å². The minimum Gasteiger partial charge on any atom is -0.545 e. The predicted molar refractivity (Wildman–Crippen MR) is 58.8 cm³/mol. The maximum atomic E-state index is 12.4. The van der Waals surface area contributed by atoms with Crippen molar-refractivity contribution in [2.75, 3.05) is 5.32 Å². The SMILES string of the molecule is C/C(=C/C(=O)[O-])C(=O)Nc1cccc(C(F)(F)F)c1. The summed E-state index contributed by atoms with van der Waals surface area (Å²) in [5, 5.41) is 12.4. The molecule has 19 heavy (non-hydrogen) atoms. The number of carbonyl (C=O) groups excluding carboxylic acids is 2. The Morgan fingerprint density at radius 1 is 1.32 bits per heavy atom. The van der Waals surface area contributed by atoms with Crippen LogP contribution in [0, 0.1) is 0 Å². The fraction of sp³-hybridized carbons (Fsp3) is 0.167. The Kier molecular flexibility index (Phi) is 4.31. The predicted octanol–water partition coefficient (Wildman–Crippen LogP) is 1.34. The highest BCUT2D eigenvalue weighted by Gasteiger charge is 2.30. The van der Waals surface area contributed by atoms with Crippen LogP contribution < -0.4 is 10.4 Å². The monoisotopic (exact) mass is 272 g/mol. The van der Waals surface area contributed by atoms with Crippen molar-refractivity contribution in [2.24, 2.45) is 0 Å². The molecule has 0 radical (unpaired) electrons. The zero-order valence-corrected chi connectivity index (χ0v) is 9.75. The largest absolute Gasteiger partial charge is 0.545 e. The Bertz CT molecular complexity index is 535. The van der Waals surface area contributed by atoms with Crippen LogP contribution in [0.2, 0.25) is 0 Å². The van der Waals surface area contributed by atoms with E-state index in [0.717, 1.165) is 18.2 Å². The van der Waals surface area contributed by atoms with Gasteiger partial charge in [-0.15, -0.1) is 0 Å². The van der Waals surface area contributed by atoms with E-state index in [1.165, 1.54) is 13.0 Å². The molecule has 1 rings (SSSR count). The second-order valence-electron chi connectivity index (χ2n) is 3.68. The first kappa shape index (κ1) is 14.7. The van der Waals surface area contributed by atoms with E-state index in [9.17, 15) is 27.9 Å². The Morgan fingerprint density at radius 2 is 1.95 bits per heavy atom. The first-order valence-electron chi connectivity index (χ1n) is 5.08. The van der Waals surface area contributed by atoms with Crippen LogP contribution in [0.25, 0.3) is 0 Å². The van der Waals surface area contributed by atoms with Crippen molar-refractivity contribution < 1.29 is 27.9 Å². The van der Waals surface area contributed by atoms with Crippen LogP contribution in [0.5, 0.6) is 0 Å². The summed E-state index contributed by atoms with van der Waals surface area (Å²) in [6.07, 6.45) is -3.96. The Hall–Kier alpha value is -2.31. The van der Waals surface area contributed by atoms with Gasteiger partial charge in [0, 0.05) is 11.3 Å². The molecule has 1 N–H and O–H groups in total. The number of amides is 1. The number of nitrogens with one attached hydrogen (secondary N) is 1. The number of carboxylic acid groups (broad SMARTS) is 1. The summed E-state index contributed by atoms with van der Waals surface area (Å²) in [6.45, 7) is 1.21. The summed E-state index contributed by atoms with van der Waals surface area (Å²) in [6, 6.07) is 4.01. The molecule has 1 amide bonds. The molecule has 7 heteroatoms. The maximum Gasteiger partial charge on any atom is 0.416 e. The normalized spacial score (nSPS) is 12.1. The fourth-order valence-corrected chi connectivity index (χ4v) is 1.25. The van der Waals surface area contributed by atoms with Crippen LogP contribution in [0.15, 0.2) is 35.9 Å². The molecule has 0 unspecified atom stereocenters. The maximum absolute atomic E-state index is 12.4. The van der Waals surface area contributed by atoms with E-state index in [4.69, 9.17) is 0 Å². The molecule has 0 aromatic heterocycles. The van der Waals surface area contributed by atoms with Crippen molar-refractivity contribution in [2.45, 2.75) is 13.1 Å². The number of anilines is 1. The number of alkyl halides is 3. The van der Waals surface area contributed by atoms with Crippen molar-refractivity contribution in [3.8, 4) is 0 Å². The average molecular weight is 272 g/mol. The number of benzene rings is 1. The number of carboxylic acids is 1. The van der Waals surface area contributed by atoms with Crippen LogP contribution in [-0.4, -0.2) is 11.9 Å². The smallest absolute Gasteiger partial charge is 0.416 e. The van der Waals surface area contributed by atoms with Gasteiger partial charge in [-0.05, 0) is 31.2 Å². The van der Waals surface area contributed by atoms with Gasteiger partial charge in [-0.2, -0.15) is 13.2 Å². The number of rotatable bonds is 3. The number of hydrogen-bond donors (Lipinski definition) is 1. The van der Waals surface area contributed by atoms with Crippen LogP contribution in [0.4, 0.5) is 18.9 Å². The van der Waals surface area contributed by atoms with Gasteiger partial charge < -0.3 is 15.2 Å². The van der Waals surface area contributed by atoms with Gasteiger partial charge >= 0.3 is 6.18 Å². The third-order valence-corrected chi connectivity index (χ3v) is 2.14. The zero-order chi connectivity index (χ0) is 14.6. The van der Waals surface area contributed by atoms with E-state index in [0.29, 0.717) is 6.08 Å². The van der Waals surface area contributed by atoms with E-state index in [1.807, 2.05) is 0 Å². The second-order valence-corrected chi connectivity index (χ2v) is 3.68. The highest BCUT2D eigenvalue weighted by Crippen LogP contribution is 2.30. The molecular formula is C12H9F3NO3-.